The molecule has 0 aliphatic carbocycles. The summed E-state index contributed by atoms with van der Waals surface area (Å²) in [4.78, 5) is 9.03. The summed E-state index contributed by atoms with van der Waals surface area (Å²) in [5.74, 6) is 1.83. The number of ether oxygens (including phenoxy) is 1. The van der Waals surface area contributed by atoms with Gasteiger partial charge in [0.1, 0.15) is 11.5 Å². The van der Waals surface area contributed by atoms with E-state index < -0.39 is 6.10 Å². The fourth-order valence-electron chi connectivity index (χ4n) is 3.44. The molecule has 0 radical (unpaired) electrons. The van der Waals surface area contributed by atoms with E-state index in [0.717, 1.165) is 55.7 Å². The third kappa shape index (κ3) is 5.32. The molecule has 1 aliphatic rings. The maximum Gasteiger partial charge on any atom is 0.194 e. The van der Waals surface area contributed by atoms with Crippen LogP contribution in [0.1, 0.15) is 18.6 Å². The number of para-hydroxylation sites is 2. The van der Waals surface area contributed by atoms with E-state index >= 15 is 0 Å². The second-order valence-electron chi connectivity index (χ2n) is 6.95. The first-order valence-corrected chi connectivity index (χ1v) is 10.0. The number of guanidine groups is 1. The predicted octanol–water partition coefficient (Wildman–Crippen LogP) is 2.22. The number of anilines is 1. The summed E-state index contributed by atoms with van der Waals surface area (Å²) in [7, 11) is 1.61. The average molecular weight is 399 g/mol. The van der Waals surface area contributed by atoms with Crippen LogP contribution in [0.3, 0.4) is 0 Å². The third-order valence-electron chi connectivity index (χ3n) is 5.03. The van der Waals surface area contributed by atoms with Crippen LogP contribution >= 0.6 is 0 Å². The highest BCUT2D eigenvalue weighted by atomic mass is 16.5. The zero-order valence-electron chi connectivity index (χ0n) is 17.1. The van der Waals surface area contributed by atoms with Crippen LogP contribution in [-0.4, -0.2) is 67.5 Å². The Labute approximate surface area is 172 Å². The van der Waals surface area contributed by atoms with Crippen molar-refractivity contribution in [3.63, 3.8) is 0 Å². The van der Waals surface area contributed by atoms with E-state index in [1.54, 1.807) is 13.2 Å². The summed E-state index contributed by atoms with van der Waals surface area (Å²) >= 11 is 0. The lowest BCUT2D eigenvalue weighted by molar-refractivity contribution is 0.186. The average Bonchev–Trinajstić information content (AvgIpc) is 2.77. The molecule has 2 aromatic carbocycles. The highest BCUT2D eigenvalue weighted by Gasteiger charge is 2.21. The number of nitrogens with one attached hydrogen (secondary N) is 1. The van der Waals surface area contributed by atoms with Crippen LogP contribution in [0.4, 0.5) is 5.69 Å². The first-order chi connectivity index (χ1) is 14.1. The number of phenolic OH excluding ortho intramolecular Hbond substituents is 1. The topological polar surface area (TPSA) is 80.6 Å². The number of hydrogen-bond acceptors (Lipinski definition) is 5. The summed E-state index contributed by atoms with van der Waals surface area (Å²) in [5.41, 5.74) is 1.65. The number of phenols is 1. The van der Waals surface area contributed by atoms with Gasteiger partial charge in [0.05, 0.1) is 25.4 Å². The van der Waals surface area contributed by atoms with E-state index in [9.17, 15) is 10.2 Å². The van der Waals surface area contributed by atoms with Crippen molar-refractivity contribution in [1.29, 1.82) is 0 Å². The molecule has 2 aromatic rings. The fourth-order valence-corrected chi connectivity index (χ4v) is 3.44. The molecular weight excluding hydrogens is 368 g/mol. The van der Waals surface area contributed by atoms with Crippen molar-refractivity contribution >= 4 is 11.6 Å². The number of hydrogen-bond donors (Lipinski definition) is 3. The zero-order chi connectivity index (χ0) is 20.6. The number of benzene rings is 2. The minimum absolute atomic E-state index is 0.273. The van der Waals surface area contributed by atoms with Gasteiger partial charge in [0.2, 0.25) is 0 Å². The van der Waals surface area contributed by atoms with Crippen molar-refractivity contribution in [3.8, 4) is 11.5 Å². The van der Waals surface area contributed by atoms with Gasteiger partial charge in [-0.2, -0.15) is 0 Å². The quantitative estimate of drug-likeness (QED) is 0.511. The number of piperazine rings is 1. The van der Waals surface area contributed by atoms with Crippen LogP contribution < -0.4 is 15.0 Å². The van der Waals surface area contributed by atoms with Crippen LogP contribution in [-0.2, 0) is 0 Å². The van der Waals surface area contributed by atoms with Crippen molar-refractivity contribution in [2.24, 2.45) is 4.99 Å². The molecular formula is C22H30N4O3. The SMILES string of the molecule is CCNC(=NCC(O)c1cccc(OC)c1)N1CCN(c2ccccc2O)CC1. The molecule has 0 saturated carbocycles. The van der Waals surface area contributed by atoms with E-state index in [-0.39, 0.29) is 6.54 Å². The Kier molecular flexibility index (Phi) is 7.19. The van der Waals surface area contributed by atoms with Gasteiger partial charge in [-0.1, -0.05) is 24.3 Å². The van der Waals surface area contributed by atoms with Gasteiger partial charge < -0.3 is 30.1 Å². The highest BCUT2D eigenvalue weighted by molar-refractivity contribution is 5.80. The number of rotatable bonds is 6. The molecule has 1 fully saturated rings. The second-order valence-corrected chi connectivity index (χ2v) is 6.95. The normalized spacial score (nSPS) is 15.9. The van der Waals surface area contributed by atoms with Crippen molar-refractivity contribution in [1.82, 2.24) is 10.2 Å². The molecule has 1 heterocycles. The number of methoxy groups -OCH3 is 1. The molecule has 29 heavy (non-hydrogen) atoms. The third-order valence-corrected chi connectivity index (χ3v) is 5.03. The minimum Gasteiger partial charge on any atom is -0.506 e. The molecule has 0 aromatic heterocycles. The van der Waals surface area contributed by atoms with E-state index in [1.807, 2.05) is 49.4 Å². The molecule has 1 aliphatic heterocycles. The lowest BCUT2D eigenvalue weighted by Gasteiger charge is -2.38. The molecule has 0 spiro atoms. The molecule has 7 nitrogen and oxygen atoms in total. The van der Waals surface area contributed by atoms with Gasteiger partial charge in [-0.15, -0.1) is 0 Å². The molecule has 3 rings (SSSR count). The molecule has 156 valence electrons. The molecule has 1 saturated heterocycles. The number of aliphatic hydroxyl groups excluding tert-OH is 1. The van der Waals surface area contributed by atoms with Gasteiger partial charge in [0.15, 0.2) is 5.96 Å². The van der Waals surface area contributed by atoms with Crippen molar-refractivity contribution in [3.05, 3.63) is 54.1 Å². The largest absolute Gasteiger partial charge is 0.506 e. The number of aromatic hydroxyl groups is 1. The summed E-state index contributed by atoms with van der Waals surface area (Å²) in [6, 6.07) is 14.9. The van der Waals surface area contributed by atoms with E-state index in [1.165, 1.54) is 0 Å². The maximum atomic E-state index is 10.5. The Morgan fingerprint density at radius 2 is 1.90 bits per heavy atom. The van der Waals surface area contributed by atoms with Crippen LogP contribution in [0.25, 0.3) is 0 Å². The number of nitrogens with zero attached hydrogens (tertiary/aromatic N) is 3. The summed E-state index contributed by atoms with van der Waals surface area (Å²) < 4.78 is 5.23. The van der Waals surface area contributed by atoms with Gasteiger partial charge in [-0.05, 0) is 36.8 Å². The molecule has 0 amide bonds. The first-order valence-electron chi connectivity index (χ1n) is 10.0. The predicted molar refractivity (Wildman–Crippen MR) is 116 cm³/mol. The number of aliphatic hydroxyl groups is 1. The molecule has 1 atom stereocenters. The Morgan fingerprint density at radius 1 is 1.14 bits per heavy atom. The monoisotopic (exact) mass is 398 g/mol. The van der Waals surface area contributed by atoms with Crippen molar-refractivity contribution < 1.29 is 14.9 Å². The first kappa shape index (κ1) is 20.8. The van der Waals surface area contributed by atoms with Gasteiger partial charge >= 0.3 is 0 Å². The summed E-state index contributed by atoms with van der Waals surface area (Å²) in [6.45, 7) is 6.22. The Hall–Kier alpha value is -2.93. The Balaban J connectivity index is 1.63. The standard InChI is InChI=1S/C22H30N4O3/c1-3-23-22(24-16-21(28)17-7-6-8-18(15-17)29-2)26-13-11-25(12-14-26)19-9-4-5-10-20(19)27/h4-10,15,21,27-28H,3,11-14,16H2,1-2H3,(H,23,24). The van der Waals surface area contributed by atoms with Crippen molar-refractivity contribution in [2.45, 2.75) is 13.0 Å². The Bertz CT molecular complexity index is 819. The van der Waals surface area contributed by atoms with Crippen LogP contribution in [0.2, 0.25) is 0 Å². The van der Waals surface area contributed by atoms with Crippen LogP contribution in [0, 0.1) is 0 Å². The zero-order valence-corrected chi connectivity index (χ0v) is 17.1. The number of aliphatic imine (C=N–C) groups is 1. The maximum absolute atomic E-state index is 10.5. The van der Waals surface area contributed by atoms with Crippen LogP contribution in [0.15, 0.2) is 53.5 Å². The van der Waals surface area contributed by atoms with Crippen molar-refractivity contribution in [2.75, 3.05) is 51.3 Å². The Morgan fingerprint density at radius 3 is 2.59 bits per heavy atom. The van der Waals surface area contributed by atoms with Crippen LogP contribution in [0.5, 0.6) is 11.5 Å². The minimum atomic E-state index is -0.693. The van der Waals surface area contributed by atoms with E-state index in [4.69, 9.17) is 4.74 Å². The second kappa shape index (κ2) is 10.0. The lowest BCUT2D eigenvalue weighted by Crippen LogP contribution is -2.52. The molecule has 1 unspecified atom stereocenters. The highest BCUT2D eigenvalue weighted by Crippen LogP contribution is 2.27. The van der Waals surface area contributed by atoms with Gasteiger partial charge in [-0.3, -0.25) is 4.99 Å². The van der Waals surface area contributed by atoms with Gasteiger partial charge in [-0.25, -0.2) is 0 Å². The summed E-state index contributed by atoms with van der Waals surface area (Å²) in [5, 5.41) is 23.9. The summed E-state index contributed by atoms with van der Waals surface area (Å²) in [6.07, 6.45) is -0.693. The molecule has 7 heteroatoms. The molecule has 3 N–H and O–H groups in total. The van der Waals surface area contributed by atoms with E-state index in [2.05, 4.69) is 20.1 Å². The smallest absolute Gasteiger partial charge is 0.194 e. The van der Waals surface area contributed by atoms with E-state index in [0.29, 0.717) is 5.75 Å². The fraction of sp³-hybridized carbons (Fsp3) is 0.409. The lowest BCUT2D eigenvalue weighted by atomic mass is 10.1. The van der Waals surface area contributed by atoms with Gasteiger partial charge in [0.25, 0.3) is 0 Å². The molecule has 0 bridgehead atoms. The van der Waals surface area contributed by atoms with Gasteiger partial charge in [0, 0.05) is 32.7 Å².